The standard InChI is InChI=1S/C20H18ClN5O2S/c1-12-2-4-14-15(8-22)20(29-18(14)6-12)25-19(27)9-28-17-5-3-13(21)7-16(17)26-10-23-24-11-26/h3,5,7,10-12H,2,4,6,9H2,1H3,(H,25,27)/t12-/m1/s1. The number of aromatic nitrogens is 3. The van der Waals surface area contributed by atoms with Gasteiger partial charge in [0.05, 0.1) is 11.3 Å². The molecule has 1 N–H and O–H groups in total. The summed E-state index contributed by atoms with van der Waals surface area (Å²) in [4.78, 5) is 13.7. The molecule has 1 atom stereocenters. The quantitative estimate of drug-likeness (QED) is 0.664. The molecule has 148 valence electrons. The maximum Gasteiger partial charge on any atom is 0.262 e. The zero-order valence-electron chi connectivity index (χ0n) is 15.7. The summed E-state index contributed by atoms with van der Waals surface area (Å²) in [5.74, 6) is 0.752. The number of thiophene rings is 1. The van der Waals surface area contributed by atoms with Crippen molar-refractivity contribution in [3.63, 3.8) is 0 Å². The van der Waals surface area contributed by atoms with Crippen LogP contribution in [0.2, 0.25) is 5.02 Å². The van der Waals surface area contributed by atoms with Crippen molar-refractivity contribution < 1.29 is 9.53 Å². The van der Waals surface area contributed by atoms with Crippen LogP contribution in [0, 0.1) is 17.2 Å². The number of nitriles is 1. The molecule has 1 aliphatic carbocycles. The molecule has 7 nitrogen and oxygen atoms in total. The van der Waals surface area contributed by atoms with Crippen molar-refractivity contribution in [3.05, 3.63) is 51.9 Å². The van der Waals surface area contributed by atoms with Crippen molar-refractivity contribution >= 4 is 33.8 Å². The Hall–Kier alpha value is -2.89. The fraction of sp³-hybridized carbons (Fsp3) is 0.300. The number of anilines is 1. The molecule has 2 aromatic heterocycles. The first-order chi connectivity index (χ1) is 14.0. The molecule has 0 fully saturated rings. The van der Waals surface area contributed by atoms with Crippen molar-refractivity contribution in [2.45, 2.75) is 26.2 Å². The molecule has 2 heterocycles. The van der Waals surface area contributed by atoms with E-state index in [-0.39, 0.29) is 12.5 Å². The number of hydrogen-bond acceptors (Lipinski definition) is 6. The van der Waals surface area contributed by atoms with Crippen LogP contribution in [0.25, 0.3) is 5.69 Å². The third-order valence-corrected chi connectivity index (χ3v) is 6.26. The molecule has 1 aliphatic rings. The molecule has 0 bridgehead atoms. The van der Waals surface area contributed by atoms with Crippen LogP contribution < -0.4 is 10.1 Å². The van der Waals surface area contributed by atoms with Crippen molar-refractivity contribution in [1.29, 1.82) is 5.26 Å². The Morgan fingerprint density at radius 2 is 2.24 bits per heavy atom. The van der Waals surface area contributed by atoms with Crippen LogP contribution in [0.3, 0.4) is 0 Å². The van der Waals surface area contributed by atoms with Crippen LogP contribution in [-0.2, 0) is 17.6 Å². The van der Waals surface area contributed by atoms with Gasteiger partial charge in [0.1, 0.15) is 29.5 Å². The molecule has 0 unspecified atom stereocenters. The van der Waals surface area contributed by atoms with E-state index in [9.17, 15) is 10.1 Å². The second-order valence-corrected chi connectivity index (χ2v) is 8.53. The highest BCUT2D eigenvalue weighted by molar-refractivity contribution is 7.16. The van der Waals surface area contributed by atoms with Crippen LogP contribution in [-0.4, -0.2) is 27.3 Å². The van der Waals surface area contributed by atoms with E-state index in [4.69, 9.17) is 16.3 Å². The second kappa shape index (κ2) is 8.23. The lowest BCUT2D eigenvalue weighted by molar-refractivity contribution is -0.118. The first kappa shape index (κ1) is 19.4. The average Bonchev–Trinajstić information content (AvgIpc) is 3.34. The lowest BCUT2D eigenvalue weighted by atomic mass is 9.89. The number of amides is 1. The Labute approximate surface area is 176 Å². The van der Waals surface area contributed by atoms with Gasteiger partial charge in [-0.15, -0.1) is 21.5 Å². The molecular formula is C20H18ClN5O2S. The zero-order chi connectivity index (χ0) is 20.4. The van der Waals surface area contributed by atoms with E-state index in [1.807, 2.05) is 0 Å². The summed E-state index contributed by atoms with van der Waals surface area (Å²) >= 11 is 7.57. The number of carbonyl (C=O) groups excluding carboxylic acids is 1. The Morgan fingerprint density at radius 1 is 1.45 bits per heavy atom. The number of fused-ring (bicyclic) bond motifs is 1. The molecule has 29 heavy (non-hydrogen) atoms. The summed E-state index contributed by atoms with van der Waals surface area (Å²) in [6, 6.07) is 7.34. The highest BCUT2D eigenvalue weighted by Crippen LogP contribution is 2.39. The minimum absolute atomic E-state index is 0.194. The number of nitrogens with zero attached hydrogens (tertiary/aromatic N) is 4. The summed E-state index contributed by atoms with van der Waals surface area (Å²) < 4.78 is 7.37. The predicted molar refractivity (Wildman–Crippen MR) is 111 cm³/mol. The molecule has 0 radical (unpaired) electrons. The van der Waals surface area contributed by atoms with E-state index < -0.39 is 0 Å². The van der Waals surface area contributed by atoms with E-state index in [0.29, 0.717) is 32.9 Å². The van der Waals surface area contributed by atoms with E-state index in [0.717, 1.165) is 24.8 Å². The molecule has 0 saturated carbocycles. The monoisotopic (exact) mass is 427 g/mol. The Kier molecular flexibility index (Phi) is 5.51. The summed E-state index contributed by atoms with van der Waals surface area (Å²) in [6.45, 7) is 2.01. The SMILES string of the molecule is C[C@@H]1CCc2c(sc(NC(=O)COc3ccc(Cl)cc3-n3cnnc3)c2C#N)C1. The van der Waals surface area contributed by atoms with Gasteiger partial charge in [0, 0.05) is 9.90 Å². The van der Waals surface area contributed by atoms with Gasteiger partial charge in [-0.25, -0.2) is 0 Å². The van der Waals surface area contributed by atoms with Gasteiger partial charge in [-0.05, 0) is 48.9 Å². The molecule has 4 rings (SSSR count). The van der Waals surface area contributed by atoms with E-state index >= 15 is 0 Å². The molecular weight excluding hydrogens is 410 g/mol. The van der Waals surface area contributed by atoms with Gasteiger partial charge in [0.15, 0.2) is 6.61 Å². The van der Waals surface area contributed by atoms with Crippen molar-refractivity contribution in [2.75, 3.05) is 11.9 Å². The zero-order valence-corrected chi connectivity index (χ0v) is 17.3. The van der Waals surface area contributed by atoms with Gasteiger partial charge in [-0.3, -0.25) is 9.36 Å². The van der Waals surface area contributed by atoms with Gasteiger partial charge < -0.3 is 10.1 Å². The maximum atomic E-state index is 12.5. The van der Waals surface area contributed by atoms with E-state index in [2.05, 4.69) is 28.5 Å². The molecule has 1 aromatic carbocycles. The normalized spacial score (nSPS) is 15.4. The fourth-order valence-corrected chi connectivity index (χ4v) is 4.95. The molecule has 0 spiro atoms. The number of hydrogen-bond donors (Lipinski definition) is 1. The largest absolute Gasteiger partial charge is 0.482 e. The van der Waals surface area contributed by atoms with Crippen LogP contribution in [0.15, 0.2) is 30.9 Å². The first-order valence-corrected chi connectivity index (χ1v) is 10.4. The number of rotatable bonds is 5. The summed E-state index contributed by atoms with van der Waals surface area (Å²) in [7, 11) is 0. The van der Waals surface area contributed by atoms with Gasteiger partial charge in [0.25, 0.3) is 5.91 Å². The third kappa shape index (κ3) is 4.11. The van der Waals surface area contributed by atoms with Crippen LogP contribution in [0.1, 0.15) is 29.3 Å². The van der Waals surface area contributed by atoms with Gasteiger partial charge >= 0.3 is 0 Å². The smallest absolute Gasteiger partial charge is 0.262 e. The fourth-order valence-electron chi connectivity index (χ4n) is 3.40. The summed E-state index contributed by atoms with van der Waals surface area (Å²) in [6.07, 6.45) is 5.95. The van der Waals surface area contributed by atoms with Gasteiger partial charge in [-0.2, -0.15) is 5.26 Å². The van der Waals surface area contributed by atoms with Gasteiger partial charge in [-0.1, -0.05) is 18.5 Å². The molecule has 1 amide bonds. The Balaban J connectivity index is 1.48. The number of ether oxygens (including phenoxy) is 1. The highest BCUT2D eigenvalue weighted by Gasteiger charge is 2.24. The Morgan fingerprint density at radius 3 is 3.00 bits per heavy atom. The lowest BCUT2D eigenvalue weighted by Gasteiger charge is -2.17. The van der Waals surface area contributed by atoms with Crippen molar-refractivity contribution in [3.8, 4) is 17.5 Å². The van der Waals surface area contributed by atoms with E-state index in [1.54, 1.807) is 22.8 Å². The first-order valence-electron chi connectivity index (χ1n) is 9.17. The maximum absolute atomic E-state index is 12.5. The summed E-state index contributed by atoms with van der Waals surface area (Å²) in [5, 5.41) is 21.1. The topological polar surface area (TPSA) is 92.8 Å². The van der Waals surface area contributed by atoms with Crippen LogP contribution in [0.5, 0.6) is 5.75 Å². The average molecular weight is 428 g/mol. The number of carbonyl (C=O) groups is 1. The molecule has 0 aliphatic heterocycles. The molecule has 3 aromatic rings. The predicted octanol–water partition coefficient (Wildman–Crippen LogP) is 4.00. The minimum atomic E-state index is -0.321. The highest BCUT2D eigenvalue weighted by atomic mass is 35.5. The Bertz CT molecular complexity index is 1090. The minimum Gasteiger partial charge on any atom is -0.482 e. The van der Waals surface area contributed by atoms with Crippen LogP contribution in [0.4, 0.5) is 5.00 Å². The number of nitrogens with one attached hydrogen (secondary N) is 1. The van der Waals surface area contributed by atoms with Gasteiger partial charge in [0.2, 0.25) is 0 Å². The number of halogens is 1. The number of benzene rings is 1. The lowest BCUT2D eigenvalue weighted by Crippen LogP contribution is -2.20. The van der Waals surface area contributed by atoms with E-state index in [1.165, 1.54) is 28.9 Å². The summed E-state index contributed by atoms with van der Waals surface area (Å²) in [5.41, 5.74) is 2.30. The van der Waals surface area contributed by atoms with Crippen molar-refractivity contribution in [2.24, 2.45) is 5.92 Å². The third-order valence-electron chi connectivity index (χ3n) is 4.85. The van der Waals surface area contributed by atoms with Crippen molar-refractivity contribution in [1.82, 2.24) is 14.8 Å². The molecule has 9 heteroatoms. The molecule has 0 saturated heterocycles. The second-order valence-electron chi connectivity index (χ2n) is 6.99. The van der Waals surface area contributed by atoms with Crippen LogP contribution >= 0.6 is 22.9 Å².